The number of hydrogen-bond acceptors (Lipinski definition) is 4. The highest BCUT2D eigenvalue weighted by atomic mass is 16.2. The van der Waals surface area contributed by atoms with Crippen molar-refractivity contribution in [2.45, 2.75) is 37.6 Å². The molecule has 3 rings (SSSR count). The zero-order chi connectivity index (χ0) is 14.3. The predicted octanol–water partition coefficient (Wildman–Crippen LogP) is 0.615. The molecule has 0 spiro atoms. The summed E-state index contributed by atoms with van der Waals surface area (Å²) in [5, 5.41) is 8.05. The van der Waals surface area contributed by atoms with Crippen molar-refractivity contribution in [3.05, 3.63) is 12.2 Å². The number of rotatable bonds is 2. The molecular formula is C14H23N5O. The second kappa shape index (κ2) is 4.84. The van der Waals surface area contributed by atoms with Crippen molar-refractivity contribution in [1.29, 1.82) is 0 Å². The zero-order valence-corrected chi connectivity index (χ0v) is 12.5. The minimum absolute atomic E-state index is 0.276. The fourth-order valence-electron chi connectivity index (χ4n) is 3.34. The molecule has 0 radical (unpaired) electrons. The molecule has 1 aromatic heterocycles. The van der Waals surface area contributed by atoms with Crippen LogP contribution >= 0.6 is 0 Å². The van der Waals surface area contributed by atoms with Crippen LogP contribution in [0.3, 0.4) is 0 Å². The molecule has 1 unspecified atom stereocenters. The van der Waals surface area contributed by atoms with Gasteiger partial charge in [-0.25, -0.2) is 0 Å². The van der Waals surface area contributed by atoms with E-state index in [0.29, 0.717) is 5.92 Å². The number of carbonyl (C=O) groups excluding carboxylic acids is 1. The number of piperidine rings is 1. The molecule has 0 N–H and O–H groups in total. The number of amides is 1. The number of likely N-dealkylation sites (tertiary alicyclic amines) is 2. The molecule has 6 nitrogen and oxygen atoms in total. The number of likely N-dealkylation sites (N-methyl/N-ethyl adjacent to an activating group) is 1. The molecule has 0 aromatic carbocycles. The van der Waals surface area contributed by atoms with Gasteiger partial charge >= 0.3 is 0 Å². The average molecular weight is 277 g/mol. The summed E-state index contributed by atoms with van der Waals surface area (Å²) in [6, 6.07) is 0. The van der Waals surface area contributed by atoms with Gasteiger partial charge in [0.05, 0.1) is 11.5 Å². The molecule has 20 heavy (non-hydrogen) atoms. The molecule has 0 aliphatic carbocycles. The average Bonchev–Trinajstić information content (AvgIpc) is 2.78. The van der Waals surface area contributed by atoms with Crippen LogP contribution in [0.4, 0.5) is 0 Å². The van der Waals surface area contributed by atoms with Crippen molar-refractivity contribution in [2.75, 3.05) is 26.7 Å². The maximum Gasteiger partial charge on any atom is 0.242 e. The van der Waals surface area contributed by atoms with Gasteiger partial charge in [0.25, 0.3) is 0 Å². The van der Waals surface area contributed by atoms with E-state index in [0.717, 1.165) is 38.3 Å². The third kappa shape index (κ3) is 2.02. The van der Waals surface area contributed by atoms with E-state index in [1.54, 1.807) is 6.33 Å². The zero-order valence-electron chi connectivity index (χ0n) is 12.5. The Morgan fingerprint density at radius 1 is 1.35 bits per heavy atom. The summed E-state index contributed by atoms with van der Waals surface area (Å²) in [7, 11) is 4.02. The Labute approximate surface area is 119 Å². The van der Waals surface area contributed by atoms with E-state index in [2.05, 4.69) is 29.1 Å². The molecule has 1 atom stereocenters. The van der Waals surface area contributed by atoms with E-state index in [-0.39, 0.29) is 11.4 Å². The van der Waals surface area contributed by atoms with Gasteiger partial charge in [0, 0.05) is 20.1 Å². The van der Waals surface area contributed by atoms with Gasteiger partial charge in [-0.3, -0.25) is 9.69 Å². The Balaban J connectivity index is 1.65. The van der Waals surface area contributed by atoms with Crippen LogP contribution < -0.4 is 0 Å². The summed E-state index contributed by atoms with van der Waals surface area (Å²) < 4.78 is 1.95. The molecule has 2 fully saturated rings. The minimum Gasteiger partial charge on any atom is -0.339 e. The third-order valence-corrected chi connectivity index (χ3v) is 4.99. The number of aromatic nitrogens is 3. The van der Waals surface area contributed by atoms with Crippen LogP contribution in [-0.2, 0) is 11.8 Å². The summed E-state index contributed by atoms with van der Waals surface area (Å²) in [4.78, 5) is 16.9. The standard InChI is InChI=1S/C14H23N5O/c1-14(6-4-5-7-18(14)3)13(20)19-8-11(9-19)12-16-15-10-17(12)2/h10-11H,4-9H2,1-3H3. The van der Waals surface area contributed by atoms with Gasteiger partial charge in [0.1, 0.15) is 12.2 Å². The first kappa shape index (κ1) is 13.5. The van der Waals surface area contributed by atoms with Gasteiger partial charge in [-0.15, -0.1) is 10.2 Å². The smallest absolute Gasteiger partial charge is 0.242 e. The fraction of sp³-hybridized carbons (Fsp3) is 0.786. The van der Waals surface area contributed by atoms with Gasteiger partial charge in [-0.05, 0) is 39.8 Å². The Hall–Kier alpha value is -1.43. The summed E-state index contributed by atoms with van der Waals surface area (Å²) in [6.45, 7) is 4.65. The third-order valence-electron chi connectivity index (χ3n) is 4.99. The van der Waals surface area contributed by atoms with Crippen molar-refractivity contribution in [2.24, 2.45) is 7.05 Å². The lowest BCUT2D eigenvalue weighted by atomic mass is 9.85. The molecule has 1 amide bonds. The van der Waals surface area contributed by atoms with Crippen molar-refractivity contribution >= 4 is 5.91 Å². The molecule has 6 heteroatoms. The highest BCUT2D eigenvalue weighted by molar-refractivity contribution is 5.87. The van der Waals surface area contributed by atoms with E-state index < -0.39 is 0 Å². The van der Waals surface area contributed by atoms with Gasteiger partial charge in [-0.1, -0.05) is 0 Å². The number of hydrogen-bond donors (Lipinski definition) is 0. The largest absolute Gasteiger partial charge is 0.339 e. The Kier molecular flexibility index (Phi) is 3.28. The number of aryl methyl sites for hydroxylation is 1. The van der Waals surface area contributed by atoms with E-state index in [1.807, 2.05) is 16.5 Å². The molecule has 110 valence electrons. The maximum atomic E-state index is 12.8. The lowest BCUT2D eigenvalue weighted by molar-refractivity contribution is -0.149. The summed E-state index contributed by atoms with van der Waals surface area (Å²) in [5.41, 5.74) is -0.316. The van der Waals surface area contributed by atoms with Crippen LogP contribution in [0.2, 0.25) is 0 Å². The Bertz CT molecular complexity index is 507. The van der Waals surface area contributed by atoms with Crippen LogP contribution in [0.5, 0.6) is 0 Å². The highest BCUT2D eigenvalue weighted by Crippen LogP contribution is 2.33. The Morgan fingerprint density at radius 2 is 2.10 bits per heavy atom. The van der Waals surface area contributed by atoms with Crippen LogP contribution in [0.1, 0.15) is 37.9 Å². The van der Waals surface area contributed by atoms with E-state index in [1.165, 1.54) is 6.42 Å². The normalized spacial score (nSPS) is 28.4. The quantitative estimate of drug-likeness (QED) is 0.795. The Morgan fingerprint density at radius 3 is 2.70 bits per heavy atom. The van der Waals surface area contributed by atoms with Gasteiger partial charge in [-0.2, -0.15) is 0 Å². The molecule has 2 aliphatic heterocycles. The van der Waals surface area contributed by atoms with Crippen LogP contribution in [0, 0.1) is 0 Å². The van der Waals surface area contributed by atoms with E-state index in [9.17, 15) is 4.79 Å². The molecular weight excluding hydrogens is 254 g/mol. The van der Waals surface area contributed by atoms with E-state index >= 15 is 0 Å². The van der Waals surface area contributed by atoms with Crippen molar-refractivity contribution in [1.82, 2.24) is 24.6 Å². The van der Waals surface area contributed by atoms with Crippen LogP contribution in [0.25, 0.3) is 0 Å². The highest BCUT2D eigenvalue weighted by Gasteiger charge is 2.45. The first-order chi connectivity index (χ1) is 9.52. The fourth-order valence-corrected chi connectivity index (χ4v) is 3.34. The van der Waals surface area contributed by atoms with Crippen molar-refractivity contribution in [3.63, 3.8) is 0 Å². The SMILES string of the molecule is CN1CCCCC1(C)C(=O)N1CC(c2nncn2C)C1. The lowest BCUT2D eigenvalue weighted by Gasteiger charge is -2.48. The van der Waals surface area contributed by atoms with Crippen molar-refractivity contribution < 1.29 is 4.79 Å². The second-order valence-corrected chi connectivity index (χ2v) is 6.36. The monoisotopic (exact) mass is 277 g/mol. The lowest BCUT2D eigenvalue weighted by Crippen LogP contribution is -2.62. The predicted molar refractivity (Wildman–Crippen MR) is 75.2 cm³/mol. The van der Waals surface area contributed by atoms with Gasteiger partial charge < -0.3 is 9.47 Å². The molecule has 0 bridgehead atoms. The van der Waals surface area contributed by atoms with E-state index in [4.69, 9.17) is 0 Å². The first-order valence-corrected chi connectivity index (χ1v) is 7.37. The summed E-state index contributed by atoms with van der Waals surface area (Å²) >= 11 is 0. The molecule has 2 saturated heterocycles. The van der Waals surface area contributed by atoms with Crippen molar-refractivity contribution in [3.8, 4) is 0 Å². The summed E-state index contributed by atoms with van der Waals surface area (Å²) in [6.07, 6.45) is 5.03. The minimum atomic E-state index is -0.316. The van der Waals surface area contributed by atoms with Crippen LogP contribution in [0.15, 0.2) is 6.33 Å². The van der Waals surface area contributed by atoms with Gasteiger partial charge in [0.2, 0.25) is 5.91 Å². The van der Waals surface area contributed by atoms with Crippen LogP contribution in [-0.4, -0.2) is 62.7 Å². The second-order valence-electron chi connectivity index (χ2n) is 6.36. The molecule has 0 saturated carbocycles. The molecule has 3 heterocycles. The summed E-state index contributed by atoms with van der Waals surface area (Å²) in [5.74, 6) is 1.60. The number of carbonyl (C=O) groups is 1. The number of nitrogens with zero attached hydrogens (tertiary/aromatic N) is 5. The maximum absolute atomic E-state index is 12.8. The van der Waals surface area contributed by atoms with Gasteiger partial charge in [0.15, 0.2) is 0 Å². The molecule has 1 aromatic rings. The molecule has 2 aliphatic rings. The topological polar surface area (TPSA) is 54.3 Å². The first-order valence-electron chi connectivity index (χ1n) is 7.37.